The average Bonchev–Trinajstić information content (AvgIpc) is 3.05. The molecule has 0 fully saturated rings. The highest BCUT2D eigenvalue weighted by atomic mass is 16.6. The van der Waals surface area contributed by atoms with Gasteiger partial charge in [0, 0.05) is 19.3 Å². The van der Waals surface area contributed by atoms with Gasteiger partial charge in [0.25, 0.3) is 0 Å². The molecule has 0 rings (SSSR count). The van der Waals surface area contributed by atoms with Crippen molar-refractivity contribution in [1.82, 2.24) is 0 Å². The van der Waals surface area contributed by atoms with Crippen molar-refractivity contribution in [2.75, 3.05) is 41.0 Å². The zero-order valence-corrected chi connectivity index (χ0v) is 32.4. The molecule has 2 unspecified atom stereocenters. The maximum Gasteiger partial charge on any atom is 0.362 e. The lowest BCUT2D eigenvalue weighted by Gasteiger charge is -2.31. The second-order valence-electron chi connectivity index (χ2n) is 14.5. The van der Waals surface area contributed by atoms with Crippen LogP contribution in [0, 0.1) is 0 Å². The number of allylic oxidation sites excluding steroid dienone is 4. The molecule has 0 bridgehead atoms. The van der Waals surface area contributed by atoms with Crippen LogP contribution in [0.15, 0.2) is 24.3 Å². The maximum absolute atomic E-state index is 12.5. The highest BCUT2D eigenvalue weighted by Crippen LogP contribution is 2.14. The molecular formula is C41H76NO7+. The summed E-state index contributed by atoms with van der Waals surface area (Å²) in [5.74, 6) is -1.51. The molecule has 8 heteroatoms. The summed E-state index contributed by atoms with van der Waals surface area (Å²) in [6.07, 6.45) is 34.7. The molecule has 0 spiro atoms. The Morgan fingerprint density at radius 2 is 1.10 bits per heavy atom. The Bertz CT molecular complexity index is 864. The lowest BCUT2D eigenvalue weighted by atomic mass is 10.0. The summed E-state index contributed by atoms with van der Waals surface area (Å²) in [6.45, 7) is 4.48. The Morgan fingerprint density at radius 3 is 1.61 bits per heavy atom. The van der Waals surface area contributed by atoms with Crippen LogP contribution in [0.3, 0.4) is 0 Å². The molecule has 0 radical (unpaired) electrons. The Balaban J connectivity index is 3.97. The maximum atomic E-state index is 12.5. The normalized spacial score (nSPS) is 13.2. The number of rotatable bonds is 35. The molecule has 0 saturated heterocycles. The van der Waals surface area contributed by atoms with Crippen LogP contribution in [0.4, 0.5) is 0 Å². The van der Waals surface area contributed by atoms with Crippen LogP contribution in [-0.4, -0.2) is 80.6 Å². The molecular weight excluding hydrogens is 618 g/mol. The fourth-order valence-electron chi connectivity index (χ4n) is 5.69. The molecule has 0 amide bonds. The van der Waals surface area contributed by atoms with Gasteiger partial charge in [0.05, 0.1) is 34.4 Å². The number of unbranched alkanes of at least 4 members (excludes halogenated alkanes) is 17. The second kappa shape index (κ2) is 33.0. The second-order valence-corrected chi connectivity index (χ2v) is 14.5. The van der Waals surface area contributed by atoms with E-state index in [9.17, 15) is 19.5 Å². The number of carbonyl (C=O) groups is 3. The van der Waals surface area contributed by atoms with Crippen LogP contribution >= 0.6 is 0 Å². The van der Waals surface area contributed by atoms with Gasteiger partial charge in [-0.05, 0) is 44.9 Å². The third-order valence-electron chi connectivity index (χ3n) is 8.85. The fraction of sp³-hybridized carbons (Fsp3) is 0.829. The number of hydrogen-bond donors (Lipinski definition) is 1. The third-order valence-corrected chi connectivity index (χ3v) is 8.85. The van der Waals surface area contributed by atoms with Crippen molar-refractivity contribution in [1.29, 1.82) is 0 Å². The summed E-state index contributed by atoms with van der Waals surface area (Å²) in [5.41, 5.74) is 0. The van der Waals surface area contributed by atoms with E-state index in [0.717, 1.165) is 38.5 Å². The van der Waals surface area contributed by atoms with Crippen molar-refractivity contribution in [3.8, 4) is 0 Å². The molecule has 49 heavy (non-hydrogen) atoms. The van der Waals surface area contributed by atoms with Crippen LogP contribution < -0.4 is 0 Å². The van der Waals surface area contributed by atoms with E-state index in [4.69, 9.17) is 14.2 Å². The minimum atomic E-state index is -0.879. The van der Waals surface area contributed by atoms with E-state index in [1.807, 2.05) is 28.1 Å². The zero-order chi connectivity index (χ0) is 36.4. The third kappa shape index (κ3) is 31.5. The lowest BCUT2D eigenvalue weighted by Crippen LogP contribution is -2.50. The number of carbonyl (C=O) groups excluding carboxylic acids is 2. The van der Waals surface area contributed by atoms with E-state index in [2.05, 4.69) is 31.2 Å². The summed E-state index contributed by atoms with van der Waals surface area (Å²) >= 11 is 0. The number of nitrogens with zero attached hydrogens (tertiary/aromatic N) is 1. The molecule has 0 aromatic carbocycles. The minimum Gasteiger partial charge on any atom is -0.477 e. The zero-order valence-electron chi connectivity index (χ0n) is 32.4. The van der Waals surface area contributed by atoms with E-state index in [1.54, 1.807) is 0 Å². The molecule has 8 nitrogen and oxygen atoms in total. The fourth-order valence-corrected chi connectivity index (χ4v) is 5.69. The molecule has 0 aliphatic carbocycles. The topological polar surface area (TPSA) is 99.1 Å². The van der Waals surface area contributed by atoms with Crippen LogP contribution in [0.2, 0.25) is 0 Å². The summed E-state index contributed by atoms with van der Waals surface area (Å²) in [4.78, 5) is 36.2. The monoisotopic (exact) mass is 695 g/mol. The first kappa shape index (κ1) is 46.8. The number of hydrogen-bond acceptors (Lipinski definition) is 6. The van der Waals surface area contributed by atoms with Gasteiger partial charge in [0.15, 0.2) is 12.1 Å². The number of likely N-dealkylation sites (N-methyl/N-ethyl adjacent to an activating group) is 1. The average molecular weight is 695 g/mol. The minimum absolute atomic E-state index is 0.0553. The molecule has 2 atom stereocenters. The first-order valence-electron chi connectivity index (χ1n) is 19.9. The van der Waals surface area contributed by atoms with Gasteiger partial charge in [0.2, 0.25) is 0 Å². The van der Waals surface area contributed by atoms with E-state index in [0.29, 0.717) is 19.3 Å². The SMILES string of the molecule is CCCCCCC/C=C\C/C=C\CCCCCCCCCCCCCC(=O)OC(COCCC(C(=O)O)[N+](C)(C)C)COC(=O)CCCC. The van der Waals surface area contributed by atoms with Crippen molar-refractivity contribution in [3.63, 3.8) is 0 Å². The number of quaternary nitrogens is 1. The van der Waals surface area contributed by atoms with Gasteiger partial charge < -0.3 is 23.8 Å². The van der Waals surface area contributed by atoms with E-state index < -0.39 is 18.1 Å². The van der Waals surface area contributed by atoms with Crippen LogP contribution in [-0.2, 0) is 28.6 Å². The Labute approximate surface area is 301 Å². The summed E-state index contributed by atoms with van der Waals surface area (Å²) in [5, 5.41) is 9.52. The molecule has 0 aromatic heterocycles. The quantitative estimate of drug-likeness (QED) is 0.0305. The molecule has 0 aromatic rings. The largest absolute Gasteiger partial charge is 0.477 e. The lowest BCUT2D eigenvalue weighted by molar-refractivity contribution is -0.887. The summed E-state index contributed by atoms with van der Waals surface area (Å²) in [7, 11) is 5.50. The van der Waals surface area contributed by atoms with Crippen LogP contribution in [0.25, 0.3) is 0 Å². The first-order chi connectivity index (χ1) is 23.6. The van der Waals surface area contributed by atoms with Gasteiger partial charge in [-0.2, -0.15) is 0 Å². The Kier molecular flexibility index (Phi) is 31.5. The number of ether oxygens (including phenoxy) is 3. The van der Waals surface area contributed by atoms with Gasteiger partial charge >= 0.3 is 17.9 Å². The first-order valence-corrected chi connectivity index (χ1v) is 19.9. The van der Waals surface area contributed by atoms with Gasteiger partial charge in [-0.1, -0.05) is 128 Å². The number of carboxylic acids is 1. The highest BCUT2D eigenvalue weighted by Gasteiger charge is 2.31. The Hall–Kier alpha value is -2.19. The molecule has 0 aliphatic rings. The standard InChI is InChI=1S/C41H75NO7/c1-6-8-10-11-12-13-14-15-16-17-18-19-20-21-22-23-24-25-26-27-28-29-30-32-40(44)49-37(36-48-39(43)31-9-7-2)35-47-34-33-38(41(45)46)42(3,4)5/h14-15,17-18,37-38H,6-13,16,19-36H2,1-5H3/p+1/b15-14-,18-17-. The molecule has 1 N–H and O–H groups in total. The van der Waals surface area contributed by atoms with Crippen molar-refractivity contribution < 1.29 is 38.2 Å². The van der Waals surface area contributed by atoms with Gasteiger partial charge in [-0.3, -0.25) is 9.59 Å². The molecule has 0 saturated carbocycles. The predicted molar refractivity (Wildman–Crippen MR) is 202 cm³/mol. The van der Waals surface area contributed by atoms with Crippen LogP contribution in [0.1, 0.15) is 168 Å². The van der Waals surface area contributed by atoms with Gasteiger partial charge in [0.1, 0.15) is 6.61 Å². The smallest absolute Gasteiger partial charge is 0.362 e. The number of aliphatic carboxylic acids is 1. The van der Waals surface area contributed by atoms with Gasteiger partial charge in [-0.15, -0.1) is 0 Å². The Morgan fingerprint density at radius 1 is 0.612 bits per heavy atom. The number of carboxylic acid groups (broad SMARTS) is 1. The number of esters is 2. The van der Waals surface area contributed by atoms with Crippen molar-refractivity contribution in [2.24, 2.45) is 0 Å². The van der Waals surface area contributed by atoms with Crippen molar-refractivity contribution in [3.05, 3.63) is 24.3 Å². The van der Waals surface area contributed by atoms with Crippen LogP contribution in [0.5, 0.6) is 0 Å². The van der Waals surface area contributed by atoms with E-state index in [1.165, 1.54) is 96.3 Å². The predicted octanol–water partition coefficient (Wildman–Crippen LogP) is 10.1. The molecule has 0 heterocycles. The van der Waals surface area contributed by atoms with E-state index >= 15 is 0 Å². The molecule has 0 aliphatic heterocycles. The summed E-state index contributed by atoms with van der Waals surface area (Å²) in [6, 6.07) is -0.608. The van der Waals surface area contributed by atoms with Crippen molar-refractivity contribution >= 4 is 17.9 Å². The van der Waals surface area contributed by atoms with Crippen molar-refractivity contribution in [2.45, 2.75) is 180 Å². The van der Waals surface area contributed by atoms with Gasteiger partial charge in [-0.25, -0.2) is 4.79 Å². The van der Waals surface area contributed by atoms with E-state index in [-0.39, 0.29) is 36.2 Å². The molecule has 286 valence electrons. The summed E-state index contributed by atoms with van der Waals surface area (Å²) < 4.78 is 16.9. The highest BCUT2D eigenvalue weighted by molar-refractivity contribution is 5.72.